The van der Waals surface area contributed by atoms with Gasteiger partial charge >= 0.3 is 0 Å². The Balaban J connectivity index is 1.49. The van der Waals surface area contributed by atoms with Crippen molar-refractivity contribution in [2.45, 2.75) is 5.75 Å². The van der Waals surface area contributed by atoms with Gasteiger partial charge in [-0.2, -0.15) is 5.10 Å². The zero-order valence-electron chi connectivity index (χ0n) is 14.5. The van der Waals surface area contributed by atoms with E-state index in [-0.39, 0.29) is 5.91 Å². The van der Waals surface area contributed by atoms with Gasteiger partial charge in [0.1, 0.15) is 11.5 Å². The van der Waals surface area contributed by atoms with Crippen LogP contribution in [0.25, 0.3) is 11.3 Å². The summed E-state index contributed by atoms with van der Waals surface area (Å²) in [4.78, 5) is 11.9. The van der Waals surface area contributed by atoms with E-state index >= 15 is 0 Å². The van der Waals surface area contributed by atoms with Crippen LogP contribution in [-0.2, 0) is 10.5 Å². The third-order valence-corrected chi connectivity index (χ3v) is 5.96. The Kier molecular flexibility index (Phi) is 7.62. The largest absolute Gasteiger partial charge is 0.455 e. The lowest BCUT2D eigenvalue weighted by molar-refractivity contribution is -0.118. The maximum Gasteiger partial charge on any atom is 0.250 e. The van der Waals surface area contributed by atoms with Crippen LogP contribution >= 0.6 is 50.9 Å². The molecule has 2 aromatic carbocycles. The zero-order valence-corrected chi connectivity index (χ0v) is 18.4. The Hall–Kier alpha value is -1.73. The summed E-state index contributed by atoms with van der Waals surface area (Å²) in [5.74, 6) is 1.96. The summed E-state index contributed by atoms with van der Waals surface area (Å²) in [6.07, 6.45) is 1.45. The fourth-order valence-electron chi connectivity index (χ4n) is 2.33. The van der Waals surface area contributed by atoms with E-state index in [9.17, 15) is 4.79 Å². The van der Waals surface area contributed by atoms with Crippen LogP contribution < -0.4 is 5.43 Å². The molecule has 3 aromatic rings. The van der Waals surface area contributed by atoms with E-state index in [0.29, 0.717) is 27.3 Å². The minimum absolute atomic E-state index is 0.180. The van der Waals surface area contributed by atoms with Crippen LogP contribution in [0.2, 0.25) is 10.0 Å². The van der Waals surface area contributed by atoms with E-state index in [0.717, 1.165) is 21.4 Å². The van der Waals surface area contributed by atoms with Gasteiger partial charge in [-0.25, -0.2) is 5.43 Å². The molecule has 1 N–H and O–H groups in total. The van der Waals surface area contributed by atoms with E-state index in [1.807, 2.05) is 24.3 Å². The highest BCUT2D eigenvalue weighted by atomic mass is 79.9. The Morgan fingerprint density at radius 1 is 1.18 bits per heavy atom. The van der Waals surface area contributed by atoms with Crippen LogP contribution in [0, 0.1) is 0 Å². The first kappa shape index (κ1) is 21.0. The Morgan fingerprint density at radius 3 is 2.79 bits per heavy atom. The Labute approximate surface area is 185 Å². The normalized spacial score (nSPS) is 11.1. The summed E-state index contributed by atoms with van der Waals surface area (Å²) >= 11 is 17.1. The van der Waals surface area contributed by atoms with Crippen LogP contribution in [0.3, 0.4) is 0 Å². The molecule has 0 aliphatic rings. The highest BCUT2D eigenvalue weighted by Crippen LogP contribution is 2.31. The second kappa shape index (κ2) is 10.2. The maximum absolute atomic E-state index is 11.9. The summed E-state index contributed by atoms with van der Waals surface area (Å²) in [5.41, 5.74) is 4.37. The average Bonchev–Trinajstić information content (AvgIpc) is 3.12. The molecule has 1 amide bonds. The molecule has 0 radical (unpaired) electrons. The van der Waals surface area contributed by atoms with Crippen molar-refractivity contribution in [1.82, 2.24) is 5.43 Å². The number of hydrogen-bond donors (Lipinski definition) is 1. The fourth-order valence-corrected chi connectivity index (χ4v) is 4.26. The van der Waals surface area contributed by atoms with Gasteiger partial charge in [0.15, 0.2) is 0 Å². The number of carbonyl (C=O) groups is 1. The van der Waals surface area contributed by atoms with Gasteiger partial charge in [0.25, 0.3) is 0 Å². The molecule has 0 fully saturated rings. The molecule has 3 rings (SSSR count). The predicted molar refractivity (Wildman–Crippen MR) is 120 cm³/mol. The van der Waals surface area contributed by atoms with Gasteiger partial charge in [-0.15, -0.1) is 11.8 Å². The van der Waals surface area contributed by atoms with Gasteiger partial charge in [0.2, 0.25) is 5.91 Å². The molecule has 8 heteroatoms. The summed E-state index contributed by atoms with van der Waals surface area (Å²) < 4.78 is 6.72. The van der Waals surface area contributed by atoms with Gasteiger partial charge in [-0.1, -0.05) is 57.3 Å². The second-order valence-corrected chi connectivity index (χ2v) is 8.39. The molecule has 0 aliphatic carbocycles. The van der Waals surface area contributed by atoms with Crippen molar-refractivity contribution >= 4 is 63.0 Å². The third kappa shape index (κ3) is 5.88. The highest BCUT2D eigenvalue weighted by molar-refractivity contribution is 9.10. The monoisotopic (exact) mass is 496 g/mol. The summed E-state index contributed by atoms with van der Waals surface area (Å²) in [5, 5.41) is 4.99. The fraction of sp³-hybridized carbons (Fsp3) is 0.100. The number of halogens is 3. The number of nitrogens with zero attached hydrogens (tertiary/aromatic N) is 1. The molecule has 0 saturated heterocycles. The van der Waals surface area contributed by atoms with Gasteiger partial charge < -0.3 is 4.42 Å². The average molecular weight is 498 g/mol. The number of nitrogens with one attached hydrogen (secondary N) is 1. The standard InChI is InChI=1S/C20H15BrCl2N2O2S/c21-17-4-2-1-3-13(17)11-28-12-20(26)25-24-10-15-6-8-19(27-15)16-7-5-14(22)9-18(16)23/h1-10H,11-12H2,(H,25,26)/b24-10+. The van der Waals surface area contributed by atoms with E-state index in [2.05, 4.69) is 26.5 Å². The molecule has 0 unspecified atom stereocenters. The van der Waals surface area contributed by atoms with Crippen molar-refractivity contribution in [3.63, 3.8) is 0 Å². The van der Waals surface area contributed by atoms with Gasteiger partial charge in [0.05, 0.1) is 17.0 Å². The Morgan fingerprint density at radius 2 is 2.00 bits per heavy atom. The van der Waals surface area contributed by atoms with Crippen molar-refractivity contribution in [2.24, 2.45) is 5.10 Å². The number of benzene rings is 2. The first-order chi connectivity index (χ1) is 13.5. The molecular weight excluding hydrogens is 483 g/mol. The number of furan rings is 1. The first-order valence-electron chi connectivity index (χ1n) is 8.21. The first-order valence-corrected chi connectivity index (χ1v) is 10.9. The minimum atomic E-state index is -0.180. The van der Waals surface area contributed by atoms with Crippen molar-refractivity contribution in [1.29, 1.82) is 0 Å². The minimum Gasteiger partial charge on any atom is -0.455 e. The molecule has 0 bridgehead atoms. The maximum atomic E-state index is 11.9. The van der Waals surface area contributed by atoms with E-state index in [1.165, 1.54) is 18.0 Å². The molecule has 144 valence electrons. The summed E-state index contributed by atoms with van der Waals surface area (Å²) in [6, 6.07) is 16.6. The molecule has 1 heterocycles. The quantitative estimate of drug-likeness (QED) is 0.303. The van der Waals surface area contributed by atoms with Crippen LogP contribution in [0.5, 0.6) is 0 Å². The lowest BCUT2D eigenvalue weighted by Crippen LogP contribution is -2.19. The van der Waals surface area contributed by atoms with Crippen molar-refractivity contribution in [3.05, 3.63) is 80.4 Å². The molecule has 0 atom stereocenters. The van der Waals surface area contributed by atoms with Gasteiger partial charge in [-0.05, 0) is 42.0 Å². The smallest absolute Gasteiger partial charge is 0.250 e. The second-order valence-electron chi connectivity index (χ2n) is 5.70. The van der Waals surface area contributed by atoms with E-state index < -0.39 is 0 Å². The summed E-state index contributed by atoms with van der Waals surface area (Å²) in [7, 11) is 0. The van der Waals surface area contributed by atoms with Crippen LogP contribution in [0.15, 0.2) is 68.6 Å². The van der Waals surface area contributed by atoms with Crippen molar-refractivity contribution in [2.75, 3.05) is 5.75 Å². The van der Waals surface area contributed by atoms with E-state index in [4.69, 9.17) is 27.6 Å². The molecule has 0 spiro atoms. The third-order valence-electron chi connectivity index (χ3n) is 3.65. The highest BCUT2D eigenvalue weighted by Gasteiger charge is 2.09. The number of hydrazone groups is 1. The van der Waals surface area contributed by atoms with E-state index in [1.54, 1.807) is 30.3 Å². The SMILES string of the molecule is O=C(CSCc1ccccc1Br)N/N=C/c1ccc(-c2ccc(Cl)cc2Cl)o1. The predicted octanol–water partition coefficient (Wildman–Crippen LogP) is 6.40. The lowest BCUT2D eigenvalue weighted by Gasteiger charge is -2.03. The van der Waals surface area contributed by atoms with Crippen LogP contribution in [-0.4, -0.2) is 17.9 Å². The van der Waals surface area contributed by atoms with Crippen LogP contribution in [0.1, 0.15) is 11.3 Å². The zero-order chi connectivity index (χ0) is 19.9. The number of carbonyl (C=O) groups excluding carboxylic acids is 1. The Bertz CT molecular complexity index is 1010. The molecule has 0 aliphatic heterocycles. The molecule has 4 nitrogen and oxygen atoms in total. The lowest BCUT2D eigenvalue weighted by atomic mass is 10.2. The molecule has 1 aromatic heterocycles. The number of thioether (sulfide) groups is 1. The number of amides is 1. The number of rotatable bonds is 7. The van der Waals surface area contributed by atoms with Gasteiger partial charge in [0, 0.05) is 20.8 Å². The van der Waals surface area contributed by atoms with Gasteiger partial charge in [-0.3, -0.25) is 4.79 Å². The number of hydrogen-bond acceptors (Lipinski definition) is 4. The van der Waals surface area contributed by atoms with Crippen LogP contribution in [0.4, 0.5) is 0 Å². The van der Waals surface area contributed by atoms with Crippen molar-refractivity contribution < 1.29 is 9.21 Å². The van der Waals surface area contributed by atoms with Crippen molar-refractivity contribution in [3.8, 4) is 11.3 Å². The molecular formula is C20H15BrCl2N2O2S. The topological polar surface area (TPSA) is 54.6 Å². The summed E-state index contributed by atoms with van der Waals surface area (Å²) in [6.45, 7) is 0. The molecule has 0 saturated carbocycles. The molecule has 28 heavy (non-hydrogen) atoms.